The van der Waals surface area contributed by atoms with Gasteiger partial charge in [-0.3, -0.25) is 4.79 Å². The number of rotatable bonds is 7. The molecule has 0 saturated carbocycles. The third kappa shape index (κ3) is 6.58. The fourth-order valence-electron chi connectivity index (χ4n) is 11.3. The van der Waals surface area contributed by atoms with E-state index in [9.17, 15) is 4.79 Å². The average molecular weight is 952 g/mol. The standard InChI is InChI=1S/C67H41N3O2S/c71-67-54-22-9-12-25-63(54)72-64-37-44(27-32-55(64)67)42-14-13-15-43(36-42)45-26-31-53-58-41-50(30-35-65(58)73-66(53)38-45)68(48-28-33-61-56(39-48)51-20-7-10-23-59(51)69(61)46-16-3-1-4-17-46)49-29-34-62-57(40-49)52-21-8-11-24-60(52)70(62)47-18-5-2-6-19-47/h1-41H. The molecular weight excluding hydrogens is 911 g/mol. The summed E-state index contributed by atoms with van der Waals surface area (Å²) < 4.78 is 13.5. The fourth-order valence-corrected chi connectivity index (χ4v) is 12.4. The predicted molar refractivity (Wildman–Crippen MR) is 307 cm³/mol. The molecule has 0 saturated heterocycles. The molecule has 0 atom stereocenters. The third-order valence-corrected chi connectivity index (χ3v) is 15.8. The van der Waals surface area contributed by atoms with Crippen molar-refractivity contribution >= 4 is 114 Å². The van der Waals surface area contributed by atoms with Crippen molar-refractivity contribution in [2.75, 3.05) is 4.90 Å². The first-order chi connectivity index (χ1) is 36.1. The Bertz CT molecular complexity index is 4620. The normalized spacial score (nSPS) is 11.9. The Balaban J connectivity index is 0.872. The summed E-state index contributed by atoms with van der Waals surface area (Å²) in [5, 5.41) is 8.44. The largest absolute Gasteiger partial charge is 0.456 e. The Morgan fingerprint density at radius 2 is 0.795 bits per heavy atom. The zero-order valence-electron chi connectivity index (χ0n) is 39.2. The number of para-hydroxylation sites is 5. The maximum Gasteiger partial charge on any atom is 0.200 e. The average Bonchev–Trinajstić information content (AvgIpc) is 4.11. The Labute approximate surface area is 422 Å². The first-order valence-corrected chi connectivity index (χ1v) is 25.4. The van der Waals surface area contributed by atoms with Crippen LogP contribution in [0, 0.1) is 0 Å². The van der Waals surface area contributed by atoms with Gasteiger partial charge in [0.2, 0.25) is 5.43 Å². The maximum atomic E-state index is 13.3. The van der Waals surface area contributed by atoms with Gasteiger partial charge in [-0.15, -0.1) is 11.3 Å². The number of fused-ring (bicyclic) bond motifs is 11. The number of hydrogen-bond acceptors (Lipinski definition) is 4. The zero-order valence-corrected chi connectivity index (χ0v) is 40.1. The third-order valence-electron chi connectivity index (χ3n) is 14.7. The second-order valence-electron chi connectivity index (χ2n) is 18.8. The van der Waals surface area contributed by atoms with Gasteiger partial charge in [0, 0.05) is 70.2 Å². The molecule has 0 N–H and O–H groups in total. The molecule has 0 bridgehead atoms. The van der Waals surface area contributed by atoms with Crippen LogP contribution in [0.1, 0.15) is 0 Å². The monoisotopic (exact) mass is 951 g/mol. The SMILES string of the molecule is O=c1c2ccccc2oc2cc(-c3cccc(-c4ccc5c(c4)sc4ccc(N(c6ccc7c(c6)c6ccccc6n7-c6ccccc6)c6ccc7c(c6)c6ccccc6n7-c6ccccc6)cc45)c3)ccc12. The molecule has 0 fully saturated rings. The smallest absolute Gasteiger partial charge is 0.200 e. The summed E-state index contributed by atoms with van der Waals surface area (Å²) >= 11 is 1.83. The second kappa shape index (κ2) is 16.3. The lowest BCUT2D eigenvalue weighted by molar-refractivity contribution is 0.660. The molecule has 11 aromatic carbocycles. The second-order valence-corrected chi connectivity index (χ2v) is 19.9. The van der Waals surface area contributed by atoms with Crippen molar-refractivity contribution in [3.8, 4) is 33.6 Å². The van der Waals surface area contributed by atoms with E-state index in [0.717, 1.165) is 61.7 Å². The molecule has 0 radical (unpaired) electrons. The summed E-state index contributed by atoms with van der Waals surface area (Å²) in [6.45, 7) is 0. The van der Waals surface area contributed by atoms with Crippen LogP contribution in [0.5, 0.6) is 0 Å². The number of thiophene rings is 1. The molecule has 0 aliphatic carbocycles. The van der Waals surface area contributed by atoms with Gasteiger partial charge in [0.05, 0.1) is 32.8 Å². The number of anilines is 3. The molecule has 0 aliphatic heterocycles. The molecule has 342 valence electrons. The van der Waals surface area contributed by atoms with Crippen molar-refractivity contribution in [1.82, 2.24) is 9.13 Å². The first-order valence-electron chi connectivity index (χ1n) is 24.6. The summed E-state index contributed by atoms with van der Waals surface area (Å²) in [4.78, 5) is 15.8. The van der Waals surface area contributed by atoms with Crippen LogP contribution in [-0.2, 0) is 0 Å². The van der Waals surface area contributed by atoms with Crippen LogP contribution in [0.15, 0.2) is 258 Å². The first kappa shape index (κ1) is 41.3. The lowest BCUT2D eigenvalue weighted by Gasteiger charge is -2.26. The van der Waals surface area contributed by atoms with Gasteiger partial charge in [-0.1, -0.05) is 121 Å². The van der Waals surface area contributed by atoms with E-state index in [2.05, 4.69) is 220 Å². The molecule has 0 unspecified atom stereocenters. The van der Waals surface area contributed by atoms with Crippen LogP contribution in [-0.4, -0.2) is 9.13 Å². The van der Waals surface area contributed by atoms with E-state index in [1.165, 1.54) is 52.8 Å². The Hall–Kier alpha value is -9.49. The molecule has 15 rings (SSSR count). The minimum atomic E-state index is -0.0106. The molecule has 15 aromatic rings. The van der Waals surface area contributed by atoms with Gasteiger partial charge in [-0.25, -0.2) is 0 Å². The van der Waals surface area contributed by atoms with Gasteiger partial charge in [0.25, 0.3) is 0 Å². The molecule has 6 heteroatoms. The molecule has 73 heavy (non-hydrogen) atoms. The molecule has 4 heterocycles. The summed E-state index contributed by atoms with van der Waals surface area (Å²) in [5.74, 6) is 0. The van der Waals surface area contributed by atoms with E-state index in [1.807, 2.05) is 53.8 Å². The summed E-state index contributed by atoms with van der Waals surface area (Å²) in [6, 6.07) is 88.5. The van der Waals surface area contributed by atoms with E-state index in [0.29, 0.717) is 21.9 Å². The predicted octanol–water partition coefficient (Wildman–Crippen LogP) is 18.3. The van der Waals surface area contributed by atoms with Gasteiger partial charge < -0.3 is 18.5 Å². The van der Waals surface area contributed by atoms with Gasteiger partial charge in [0.1, 0.15) is 11.2 Å². The van der Waals surface area contributed by atoms with Crippen LogP contribution in [0.25, 0.3) is 119 Å². The van der Waals surface area contributed by atoms with Crippen molar-refractivity contribution in [3.05, 3.63) is 259 Å². The zero-order chi connectivity index (χ0) is 48.1. The summed E-state index contributed by atoms with van der Waals surface area (Å²) in [6.07, 6.45) is 0. The lowest BCUT2D eigenvalue weighted by Crippen LogP contribution is -2.10. The van der Waals surface area contributed by atoms with Crippen molar-refractivity contribution in [1.29, 1.82) is 0 Å². The number of benzene rings is 11. The van der Waals surface area contributed by atoms with E-state index in [4.69, 9.17) is 4.42 Å². The molecule has 0 amide bonds. The summed E-state index contributed by atoms with van der Waals surface area (Å²) in [7, 11) is 0. The molecule has 0 spiro atoms. The Morgan fingerprint density at radius 3 is 1.42 bits per heavy atom. The maximum absolute atomic E-state index is 13.3. The summed E-state index contributed by atoms with van der Waals surface area (Å²) in [5.41, 5.74) is 15.7. The van der Waals surface area contributed by atoms with Gasteiger partial charge in [-0.05, 0) is 150 Å². The van der Waals surface area contributed by atoms with Crippen LogP contribution in [0.3, 0.4) is 0 Å². The van der Waals surface area contributed by atoms with E-state index >= 15 is 0 Å². The van der Waals surface area contributed by atoms with Crippen LogP contribution in [0.2, 0.25) is 0 Å². The number of nitrogens with zero attached hydrogens (tertiary/aromatic N) is 3. The van der Waals surface area contributed by atoms with E-state index < -0.39 is 0 Å². The fraction of sp³-hybridized carbons (Fsp3) is 0. The number of hydrogen-bond donors (Lipinski definition) is 0. The lowest BCUT2D eigenvalue weighted by atomic mass is 9.97. The van der Waals surface area contributed by atoms with Gasteiger partial charge in [-0.2, -0.15) is 0 Å². The highest BCUT2D eigenvalue weighted by Crippen LogP contribution is 2.45. The van der Waals surface area contributed by atoms with Crippen molar-refractivity contribution in [3.63, 3.8) is 0 Å². The number of aromatic nitrogens is 2. The van der Waals surface area contributed by atoms with Gasteiger partial charge in [0.15, 0.2) is 0 Å². The molecule has 4 aromatic heterocycles. The Morgan fingerprint density at radius 1 is 0.315 bits per heavy atom. The quantitative estimate of drug-likeness (QED) is 0.150. The minimum absolute atomic E-state index is 0.0106. The molecule has 0 aliphatic rings. The van der Waals surface area contributed by atoms with Crippen molar-refractivity contribution < 1.29 is 4.42 Å². The van der Waals surface area contributed by atoms with E-state index in [-0.39, 0.29) is 5.43 Å². The van der Waals surface area contributed by atoms with Crippen LogP contribution >= 0.6 is 11.3 Å². The highest BCUT2D eigenvalue weighted by molar-refractivity contribution is 7.25. The van der Waals surface area contributed by atoms with Gasteiger partial charge >= 0.3 is 0 Å². The molecular formula is C67H41N3O2S. The van der Waals surface area contributed by atoms with Crippen LogP contribution < -0.4 is 10.3 Å². The molecule has 5 nitrogen and oxygen atoms in total. The topological polar surface area (TPSA) is 43.3 Å². The highest BCUT2D eigenvalue weighted by atomic mass is 32.1. The van der Waals surface area contributed by atoms with E-state index in [1.54, 1.807) is 0 Å². The Kier molecular flexibility index (Phi) is 9.22. The highest BCUT2D eigenvalue weighted by Gasteiger charge is 2.21. The van der Waals surface area contributed by atoms with Crippen LogP contribution in [0.4, 0.5) is 17.1 Å². The van der Waals surface area contributed by atoms with Crippen molar-refractivity contribution in [2.24, 2.45) is 0 Å². The minimum Gasteiger partial charge on any atom is -0.456 e. The van der Waals surface area contributed by atoms with Crippen molar-refractivity contribution in [2.45, 2.75) is 0 Å².